The molecule has 0 radical (unpaired) electrons. The van der Waals surface area contributed by atoms with Gasteiger partial charge in [-0.05, 0) is 67.3 Å². The highest BCUT2D eigenvalue weighted by Crippen LogP contribution is 2.60. The van der Waals surface area contributed by atoms with E-state index in [9.17, 15) is 0 Å². The Labute approximate surface area is 176 Å². The molecule has 0 amide bonds. The molecule has 4 bridgehead atoms. The first-order chi connectivity index (χ1) is 13.7. The molecule has 0 nitrogen and oxygen atoms in total. The first-order valence-electron chi connectivity index (χ1n) is 12.8. The molecule has 1 aromatic carbocycles. The monoisotopic (exact) mass is 396 g/mol. The van der Waals surface area contributed by atoms with Crippen LogP contribution in [0.5, 0.6) is 0 Å². The van der Waals surface area contributed by atoms with Gasteiger partial charge in [0.1, 0.15) is 0 Å². The fourth-order valence-electron chi connectivity index (χ4n) is 7.38. The smallest absolute Gasteiger partial charge is 0.0677 e. The Morgan fingerprint density at radius 1 is 0.750 bits per heavy atom. The zero-order valence-corrected chi connectivity index (χ0v) is 19.9. The summed E-state index contributed by atoms with van der Waals surface area (Å²) in [6.45, 7) is 4.89. The van der Waals surface area contributed by atoms with Crippen LogP contribution in [-0.4, -0.2) is 8.80 Å². The maximum absolute atomic E-state index is 2.58. The molecule has 0 saturated heterocycles. The Kier molecular flexibility index (Phi) is 7.02. The Morgan fingerprint density at radius 2 is 1.25 bits per heavy atom. The minimum absolute atomic E-state index is 0.579. The van der Waals surface area contributed by atoms with E-state index in [1.165, 1.54) is 76.7 Å². The van der Waals surface area contributed by atoms with Gasteiger partial charge in [0.15, 0.2) is 0 Å². The molecule has 0 spiro atoms. The van der Waals surface area contributed by atoms with E-state index in [1.807, 2.05) is 0 Å². The second-order valence-corrected chi connectivity index (χ2v) is 14.0. The summed E-state index contributed by atoms with van der Waals surface area (Å²) in [5.41, 5.74) is 2.29. The van der Waals surface area contributed by atoms with Gasteiger partial charge in [0.2, 0.25) is 0 Å². The molecule has 0 N–H and O–H groups in total. The van der Waals surface area contributed by atoms with E-state index in [-0.39, 0.29) is 0 Å². The third kappa shape index (κ3) is 4.77. The van der Waals surface area contributed by atoms with Crippen molar-refractivity contribution in [2.45, 2.75) is 115 Å². The van der Waals surface area contributed by atoms with Crippen molar-refractivity contribution < 1.29 is 0 Å². The second kappa shape index (κ2) is 9.50. The molecule has 4 aliphatic carbocycles. The summed E-state index contributed by atoms with van der Waals surface area (Å²) in [5.74, 6) is 3.17. The maximum atomic E-state index is 2.58. The average Bonchev–Trinajstić information content (AvgIpc) is 2.69. The van der Waals surface area contributed by atoms with E-state index in [1.54, 1.807) is 30.0 Å². The molecule has 28 heavy (non-hydrogen) atoms. The summed E-state index contributed by atoms with van der Waals surface area (Å²) in [4.78, 5) is 0. The highest BCUT2D eigenvalue weighted by Gasteiger charge is 2.51. The van der Waals surface area contributed by atoms with Crippen LogP contribution in [0.25, 0.3) is 0 Å². The molecule has 1 aromatic rings. The lowest BCUT2D eigenvalue weighted by molar-refractivity contribution is -0.00517. The summed E-state index contributed by atoms with van der Waals surface area (Å²) in [5, 5.41) is 1.72. The molecule has 0 aromatic heterocycles. The molecule has 156 valence electrons. The molecule has 1 heteroatoms. The van der Waals surface area contributed by atoms with Gasteiger partial charge in [-0.2, -0.15) is 0 Å². The van der Waals surface area contributed by atoms with Crippen LogP contribution in [0.15, 0.2) is 24.3 Å². The summed E-state index contributed by atoms with van der Waals surface area (Å²) in [6.07, 6.45) is 20.8. The predicted molar refractivity (Wildman–Crippen MR) is 126 cm³/mol. The van der Waals surface area contributed by atoms with Crippen molar-refractivity contribution in [3.8, 4) is 0 Å². The SMILES string of the molecule is CCCCCCCCCC[SiH](C)c1ccc(C23CC4CC(CC(C4)C2)C3)cc1. The zero-order chi connectivity index (χ0) is 19.4. The van der Waals surface area contributed by atoms with Gasteiger partial charge in [-0.25, -0.2) is 0 Å². The number of rotatable bonds is 11. The molecule has 0 aliphatic heterocycles. The highest BCUT2D eigenvalue weighted by atomic mass is 28.3. The molecular weight excluding hydrogens is 352 g/mol. The Hall–Kier alpha value is -0.563. The molecule has 4 aliphatic rings. The predicted octanol–water partition coefficient (Wildman–Crippen LogP) is 7.36. The standard InChI is InChI=1S/C27H44Si/c1-3-4-5-6-7-8-9-10-15-28(2)26-13-11-25(12-14-26)27-19-22-16-23(20-27)18-24(17-22)21-27/h11-14,22-24,28H,3-10,15-21H2,1-2H3. The van der Waals surface area contributed by atoms with Crippen LogP contribution in [0.4, 0.5) is 0 Å². The van der Waals surface area contributed by atoms with Crippen LogP contribution >= 0.6 is 0 Å². The molecule has 5 rings (SSSR count). The van der Waals surface area contributed by atoms with Crippen LogP contribution in [0.2, 0.25) is 12.6 Å². The average molecular weight is 397 g/mol. The number of unbranched alkanes of at least 4 members (excludes halogenated alkanes) is 7. The highest BCUT2D eigenvalue weighted by molar-refractivity contribution is 6.71. The largest absolute Gasteiger partial charge is 0.0680 e. The van der Waals surface area contributed by atoms with Crippen LogP contribution < -0.4 is 5.19 Å². The van der Waals surface area contributed by atoms with Crippen LogP contribution in [-0.2, 0) is 5.41 Å². The van der Waals surface area contributed by atoms with Crippen molar-refractivity contribution in [3.05, 3.63) is 29.8 Å². The Bertz CT molecular complexity index is 566. The van der Waals surface area contributed by atoms with E-state index >= 15 is 0 Å². The van der Waals surface area contributed by atoms with Gasteiger partial charge in [-0.1, -0.05) is 100 Å². The van der Waals surface area contributed by atoms with Crippen LogP contribution in [0, 0.1) is 17.8 Å². The van der Waals surface area contributed by atoms with Gasteiger partial charge in [0, 0.05) is 0 Å². The number of hydrogen-bond acceptors (Lipinski definition) is 0. The topological polar surface area (TPSA) is 0 Å². The lowest BCUT2D eigenvalue weighted by Gasteiger charge is -2.57. The third-order valence-electron chi connectivity index (χ3n) is 8.62. The Morgan fingerprint density at radius 3 is 1.79 bits per heavy atom. The zero-order valence-electron chi connectivity index (χ0n) is 18.7. The van der Waals surface area contributed by atoms with E-state index in [0.717, 1.165) is 17.8 Å². The fourth-order valence-corrected chi connectivity index (χ4v) is 9.46. The third-order valence-corrected chi connectivity index (χ3v) is 11.4. The first kappa shape index (κ1) is 20.7. The quantitative estimate of drug-likeness (QED) is 0.271. The van der Waals surface area contributed by atoms with Crippen LogP contribution in [0.3, 0.4) is 0 Å². The summed E-state index contributed by atoms with van der Waals surface area (Å²) < 4.78 is 0. The van der Waals surface area contributed by atoms with Crippen molar-refractivity contribution in [2.24, 2.45) is 17.8 Å². The molecule has 0 heterocycles. The van der Waals surface area contributed by atoms with E-state index in [2.05, 4.69) is 37.7 Å². The Balaban J connectivity index is 1.23. The summed E-state index contributed by atoms with van der Waals surface area (Å²) in [6, 6.07) is 11.7. The number of benzene rings is 1. The number of hydrogen-bond donors (Lipinski definition) is 0. The lowest BCUT2D eigenvalue weighted by atomic mass is 9.48. The summed E-state index contributed by atoms with van der Waals surface area (Å²) in [7, 11) is -0.727. The van der Waals surface area contributed by atoms with E-state index in [0.29, 0.717) is 5.41 Å². The molecule has 1 atom stereocenters. The van der Waals surface area contributed by atoms with Gasteiger partial charge in [0.05, 0.1) is 8.80 Å². The van der Waals surface area contributed by atoms with Gasteiger partial charge >= 0.3 is 0 Å². The van der Waals surface area contributed by atoms with E-state index < -0.39 is 8.80 Å². The molecule has 1 unspecified atom stereocenters. The molecule has 4 saturated carbocycles. The normalized spacial score (nSPS) is 32.0. The van der Waals surface area contributed by atoms with Crippen molar-refractivity contribution in [1.29, 1.82) is 0 Å². The second-order valence-electron chi connectivity index (χ2n) is 11.0. The van der Waals surface area contributed by atoms with Gasteiger partial charge in [0.25, 0.3) is 0 Å². The van der Waals surface area contributed by atoms with Gasteiger partial charge in [-0.3, -0.25) is 0 Å². The minimum atomic E-state index is -0.727. The fraction of sp³-hybridized carbons (Fsp3) is 0.778. The van der Waals surface area contributed by atoms with Gasteiger partial charge in [-0.15, -0.1) is 0 Å². The van der Waals surface area contributed by atoms with Gasteiger partial charge < -0.3 is 0 Å². The van der Waals surface area contributed by atoms with Crippen molar-refractivity contribution in [1.82, 2.24) is 0 Å². The molecule has 4 fully saturated rings. The molecular formula is C27H44Si. The minimum Gasteiger partial charge on any atom is -0.0680 e. The first-order valence-corrected chi connectivity index (χ1v) is 15.3. The maximum Gasteiger partial charge on any atom is 0.0677 e. The van der Waals surface area contributed by atoms with Crippen LogP contribution in [0.1, 0.15) is 102 Å². The van der Waals surface area contributed by atoms with Crippen molar-refractivity contribution in [2.75, 3.05) is 0 Å². The van der Waals surface area contributed by atoms with Crippen molar-refractivity contribution >= 4 is 14.0 Å². The summed E-state index contributed by atoms with van der Waals surface area (Å²) >= 11 is 0. The van der Waals surface area contributed by atoms with Crippen molar-refractivity contribution in [3.63, 3.8) is 0 Å². The lowest BCUT2D eigenvalue weighted by Crippen LogP contribution is -2.48. The van der Waals surface area contributed by atoms with E-state index in [4.69, 9.17) is 0 Å².